The first kappa shape index (κ1) is 33.9. The van der Waals surface area contributed by atoms with Crippen molar-refractivity contribution in [1.82, 2.24) is 14.7 Å². The maximum Gasteiger partial charge on any atom is 0.416 e. The summed E-state index contributed by atoms with van der Waals surface area (Å²) >= 11 is 12.0. The number of rotatable bonds is 6. The fourth-order valence-electron chi connectivity index (χ4n) is 5.25. The van der Waals surface area contributed by atoms with Crippen molar-refractivity contribution < 1.29 is 22.7 Å². The molecule has 218 valence electrons. The topological polar surface area (TPSA) is 36.0 Å². The SMILES string of the molecule is C[C@@H]1CN(CCN2CCN(C(=O)c3cc(Cl)cc(C(F)(F)F)c3)C(Cc3ccc(Cl)cc3)C2)C[C@H](C)O1.Cl.Cl. The van der Waals surface area contributed by atoms with Gasteiger partial charge in [0.1, 0.15) is 0 Å². The van der Waals surface area contributed by atoms with Crippen LogP contribution in [-0.2, 0) is 17.3 Å². The van der Waals surface area contributed by atoms with E-state index in [-0.39, 0.29) is 53.6 Å². The zero-order valence-electron chi connectivity index (χ0n) is 21.8. The molecule has 2 heterocycles. The highest BCUT2D eigenvalue weighted by Crippen LogP contribution is 2.32. The lowest BCUT2D eigenvalue weighted by molar-refractivity contribution is -0.137. The zero-order chi connectivity index (χ0) is 26.7. The van der Waals surface area contributed by atoms with Crippen molar-refractivity contribution in [3.63, 3.8) is 0 Å². The molecule has 0 bridgehead atoms. The van der Waals surface area contributed by atoms with E-state index in [9.17, 15) is 18.0 Å². The highest BCUT2D eigenvalue weighted by molar-refractivity contribution is 6.31. The standard InChI is InChI=1S/C27H32Cl2F3N3O2.2ClH/c1-18-15-34(16-19(2)37-18)8-7-33-9-10-35(25(17-33)11-20-3-5-23(28)6-4-20)26(36)21-12-22(27(30,31)32)14-24(29)13-21;;/h3-6,12-14,18-19,25H,7-11,15-17H2,1-2H3;2*1H/t18-,19+,25?;;. The van der Waals surface area contributed by atoms with Gasteiger partial charge in [-0.15, -0.1) is 24.8 Å². The van der Waals surface area contributed by atoms with Crippen molar-refractivity contribution in [2.24, 2.45) is 0 Å². The normalized spacial score (nSPS) is 22.6. The third-order valence-electron chi connectivity index (χ3n) is 6.91. The number of hydrogen-bond acceptors (Lipinski definition) is 4. The molecule has 2 fully saturated rings. The molecule has 2 aliphatic heterocycles. The molecule has 2 aromatic carbocycles. The van der Waals surface area contributed by atoms with Gasteiger partial charge in [-0.25, -0.2) is 0 Å². The number of carbonyl (C=O) groups excluding carboxylic acids is 1. The number of benzene rings is 2. The van der Waals surface area contributed by atoms with Gasteiger partial charge in [-0.3, -0.25) is 14.6 Å². The molecule has 2 saturated heterocycles. The van der Waals surface area contributed by atoms with E-state index in [1.54, 1.807) is 17.0 Å². The average Bonchev–Trinajstić information content (AvgIpc) is 2.82. The van der Waals surface area contributed by atoms with Gasteiger partial charge in [0.2, 0.25) is 0 Å². The number of nitrogens with zero attached hydrogens (tertiary/aromatic N) is 3. The summed E-state index contributed by atoms with van der Waals surface area (Å²) in [6.45, 7) is 9.34. The van der Waals surface area contributed by atoms with Crippen LogP contribution in [0.15, 0.2) is 42.5 Å². The van der Waals surface area contributed by atoms with Gasteiger partial charge in [0.15, 0.2) is 0 Å². The Labute approximate surface area is 250 Å². The molecule has 0 aliphatic carbocycles. The predicted molar refractivity (Wildman–Crippen MR) is 154 cm³/mol. The van der Waals surface area contributed by atoms with E-state index in [1.807, 2.05) is 12.1 Å². The van der Waals surface area contributed by atoms with Crippen molar-refractivity contribution in [1.29, 1.82) is 0 Å². The lowest BCUT2D eigenvalue weighted by atomic mass is 10.00. The molecule has 0 aromatic heterocycles. The number of morpholine rings is 1. The summed E-state index contributed by atoms with van der Waals surface area (Å²) in [4.78, 5) is 19.9. The van der Waals surface area contributed by atoms with Crippen molar-refractivity contribution in [2.45, 2.75) is 44.7 Å². The third kappa shape index (κ3) is 9.38. The summed E-state index contributed by atoms with van der Waals surface area (Å²) in [7, 11) is 0. The fraction of sp³-hybridized carbons (Fsp3) is 0.519. The molecule has 3 atom stereocenters. The Bertz CT molecular complexity index is 1080. The van der Waals surface area contributed by atoms with Gasteiger partial charge < -0.3 is 9.64 Å². The van der Waals surface area contributed by atoms with Gasteiger partial charge in [-0.05, 0) is 56.2 Å². The Kier molecular flexibility index (Phi) is 12.7. The highest BCUT2D eigenvalue weighted by Gasteiger charge is 2.35. The summed E-state index contributed by atoms with van der Waals surface area (Å²) in [6, 6.07) is 10.3. The molecule has 0 radical (unpaired) electrons. The average molecular weight is 631 g/mol. The summed E-state index contributed by atoms with van der Waals surface area (Å²) in [5.74, 6) is -0.442. The van der Waals surface area contributed by atoms with E-state index in [0.717, 1.165) is 43.9 Å². The second-order valence-electron chi connectivity index (χ2n) is 10.0. The van der Waals surface area contributed by atoms with E-state index >= 15 is 0 Å². The molecule has 1 unspecified atom stereocenters. The number of ether oxygens (including phenoxy) is 1. The fourth-order valence-corrected chi connectivity index (χ4v) is 5.61. The second kappa shape index (κ2) is 14.6. The molecule has 39 heavy (non-hydrogen) atoms. The lowest BCUT2D eigenvalue weighted by Gasteiger charge is -2.43. The van der Waals surface area contributed by atoms with E-state index in [1.165, 1.54) is 6.07 Å². The Morgan fingerprint density at radius 3 is 2.13 bits per heavy atom. The Morgan fingerprint density at radius 1 is 0.897 bits per heavy atom. The number of halogens is 7. The first-order valence-corrected chi connectivity index (χ1v) is 13.3. The molecule has 12 heteroatoms. The Morgan fingerprint density at radius 2 is 1.51 bits per heavy atom. The van der Waals surface area contributed by atoms with Gasteiger partial charge in [-0.2, -0.15) is 13.2 Å². The lowest BCUT2D eigenvalue weighted by Crippen LogP contribution is -2.57. The minimum absolute atomic E-state index is 0. The second-order valence-corrected chi connectivity index (χ2v) is 10.9. The van der Waals surface area contributed by atoms with E-state index in [4.69, 9.17) is 27.9 Å². The van der Waals surface area contributed by atoms with Gasteiger partial charge in [-0.1, -0.05) is 35.3 Å². The number of alkyl halides is 3. The first-order chi connectivity index (χ1) is 17.5. The monoisotopic (exact) mass is 629 g/mol. The molecule has 2 aromatic rings. The number of amides is 1. The zero-order valence-corrected chi connectivity index (χ0v) is 24.9. The quantitative estimate of drug-likeness (QED) is 0.374. The van der Waals surface area contributed by atoms with Crippen LogP contribution in [0.1, 0.15) is 35.3 Å². The van der Waals surface area contributed by atoms with Crippen molar-refractivity contribution >= 4 is 53.9 Å². The molecule has 0 spiro atoms. The van der Waals surface area contributed by atoms with E-state index in [0.29, 0.717) is 31.1 Å². The number of hydrogen-bond donors (Lipinski definition) is 0. The van der Waals surface area contributed by atoms with Crippen LogP contribution in [-0.4, -0.2) is 84.7 Å². The molecule has 1 amide bonds. The Hall–Kier alpha value is -1.26. The number of piperazine rings is 1. The molecule has 5 nitrogen and oxygen atoms in total. The van der Waals surface area contributed by atoms with Crippen molar-refractivity contribution in [3.8, 4) is 0 Å². The van der Waals surface area contributed by atoms with Crippen LogP contribution >= 0.6 is 48.0 Å². The minimum Gasteiger partial charge on any atom is -0.373 e. The van der Waals surface area contributed by atoms with Crippen molar-refractivity contribution in [2.75, 3.05) is 45.8 Å². The smallest absolute Gasteiger partial charge is 0.373 e. The largest absolute Gasteiger partial charge is 0.416 e. The van der Waals surface area contributed by atoms with Gasteiger partial charge >= 0.3 is 6.18 Å². The van der Waals surface area contributed by atoms with E-state index in [2.05, 4.69) is 23.6 Å². The maximum atomic E-state index is 13.5. The van der Waals surface area contributed by atoms with Crippen LogP contribution in [0.4, 0.5) is 13.2 Å². The number of carbonyl (C=O) groups is 1. The summed E-state index contributed by atoms with van der Waals surface area (Å²) in [6.07, 6.45) is -3.64. The molecule has 0 N–H and O–H groups in total. The third-order valence-corrected chi connectivity index (χ3v) is 7.38. The summed E-state index contributed by atoms with van der Waals surface area (Å²) < 4.78 is 46.0. The summed E-state index contributed by atoms with van der Waals surface area (Å²) in [5.41, 5.74) is 0.0304. The first-order valence-electron chi connectivity index (χ1n) is 12.5. The predicted octanol–water partition coefficient (Wildman–Crippen LogP) is 6.33. The van der Waals surface area contributed by atoms with Gasteiger partial charge in [0.05, 0.1) is 17.8 Å². The van der Waals surface area contributed by atoms with Crippen molar-refractivity contribution in [3.05, 3.63) is 69.2 Å². The molecule has 4 rings (SSSR count). The van der Waals surface area contributed by atoms with Crippen LogP contribution in [0.2, 0.25) is 10.0 Å². The van der Waals surface area contributed by atoms with Crippen LogP contribution < -0.4 is 0 Å². The summed E-state index contributed by atoms with van der Waals surface area (Å²) in [5, 5.41) is 0.509. The van der Waals surface area contributed by atoms with Crippen LogP contribution in [0.25, 0.3) is 0 Å². The maximum absolute atomic E-state index is 13.5. The van der Waals surface area contributed by atoms with E-state index < -0.39 is 17.6 Å². The minimum atomic E-state index is -4.59. The Balaban J connectivity index is 0.00000267. The molecule has 0 saturated carbocycles. The molecular weight excluding hydrogens is 597 g/mol. The molecule has 2 aliphatic rings. The van der Waals surface area contributed by atoms with Crippen LogP contribution in [0, 0.1) is 0 Å². The van der Waals surface area contributed by atoms with Gasteiger partial charge in [0, 0.05) is 67.5 Å². The van der Waals surface area contributed by atoms with Gasteiger partial charge in [0.25, 0.3) is 5.91 Å². The van der Waals surface area contributed by atoms with Crippen LogP contribution in [0.3, 0.4) is 0 Å². The van der Waals surface area contributed by atoms with Crippen LogP contribution in [0.5, 0.6) is 0 Å². The molecular formula is C27H34Cl4F3N3O2. The highest BCUT2D eigenvalue weighted by atomic mass is 35.5.